The predicted octanol–water partition coefficient (Wildman–Crippen LogP) is 1.41. The van der Waals surface area contributed by atoms with E-state index in [4.69, 9.17) is 0 Å². The van der Waals surface area contributed by atoms with E-state index in [0.29, 0.717) is 18.1 Å². The quantitative estimate of drug-likeness (QED) is 0.829. The lowest BCUT2D eigenvalue weighted by atomic mass is 9.89. The molecule has 3 rings (SSSR count). The molecule has 1 aromatic rings. The minimum atomic E-state index is -0.102. The molecule has 1 aliphatic carbocycles. The molecule has 3 unspecified atom stereocenters. The predicted molar refractivity (Wildman–Crippen MR) is 90.1 cm³/mol. The van der Waals surface area contributed by atoms with Gasteiger partial charge in [-0.25, -0.2) is 4.98 Å². The molecule has 2 fully saturated rings. The van der Waals surface area contributed by atoms with Gasteiger partial charge in [0.15, 0.2) is 0 Å². The number of likely N-dealkylation sites (tertiary alicyclic amines) is 1. The fourth-order valence-electron chi connectivity index (χ4n) is 4.08. The lowest BCUT2D eigenvalue weighted by Gasteiger charge is -2.42. The first kappa shape index (κ1) is 16.9. The minimum Gasteiger partial charge on any atom is -0.391 e. The molecule has 0 spiro atoms. The molecule has 2 aliphatic rings. The first-order valence-electron chi connectivity index (χ1n) is 9.23. The van der Waals surface area contributed by atoms with Crippen molar-refractivity contribution in [2.24, 2.45) is 0 Å². The second-order valence-electron chi connectivity index (χ2n) is 7.24. The number of aromatic nitrogens is 3. The number of hydrogen-bond acceptors (Lipinski definition) is 5. The molecular weight excluding hydrogens is 290 g/mol. The van der Waals surface area contributed by atoms with Gasteiger partial charge in [-0.1, -0.05) is 12.8 Å². The van der Waals surface area contributed by atoms with Crippen LogP contribution in [0.2, 0.25) is 0 Å². The van der Waals surface area contributed by atoms with Crippen LogP contribution in [0, 0.1) is 0 Å². The zero-order valence-electron chi connectivity index (χ0n) is 14.3. The molecule has 23 heavy (non-hydrogen) atoms. The highest BCUT2D eigenvalue weighted by molar-refractivity contribution is 4.88. The standard InChI is InChI=1S/C17H31N5O/c1-14(6-11-22-13-18-12-19-22)20-15-7-9-21(10-8-15)16-4-2-3-5-17(16)23/h12-17,20,23H,2-11H2,1H3. The Kier molecular flexibility index (Phi) is 6.02. The highest BCUT2D eigenvalue weighted by Crippen LogP contribution is 2.26. The van der Waals surface area contributed by atoms with Crippen LogP contribution in [0.15, 0.2) is 12.7 Å². The van der Waals surface area contributed by atoms with Crippen molar-refractivity contribution in [1.82, 2.24) is 25.0 Å². The van der Waals surface area contributed by atoms with Crippen molar-refractivity contribution in [3.63, 3.8) is 0 Å². The van der Waals surface area contributed by atoms with Crippen molar-refractivity contribution < 1.29 is 5.11 Å². The summed E-state index contributed by atoms with van der Waals surface area (Å²) in [5.74, 6) is 0. The van der Waals surface area contributed by atoms with E-state index in [-0.39, 0.29) is 6.10 Å². The van der Waals surface area contributed by atoms with Gasteiger partial charge in [-0.15, -0.1) is 0 Å². The molecule has 0 amide bonds. The summed E-state index contributed by atoms with van der Waals surface area (Å²) in [5.41, 5.74) is 0. The monoisotopic (exact) mass is 321 g/mol. The van der Waals surface area contributed by atoms with E-state index in [1.165, 1.54) is 32.1 Å². The summed E-state index contributed by atoms with van der Waals surface area (Å²) in [4.78, 5) is 6.51. The Morgan fingerprint density at radius 3 is 2.70 bits per heavy atom. The molecule has 2 N–H and O–H groups in total. The number of piperidine rings is 1. The summed E-state index contributed by atoms with van der Waals surface area (Å²) in [6.07, 6.45) is 11.4. The molecule has 6 heteroatoms. The maximum atomic E-state index is 10.2. The van der Waals surface area contributed by atoms with Crippen molar-refractivity contribution in [3.8, 4) is 0 Å². The van der Waals surface area contributed by atoms with Crippen molar-refractivity contribution >= 4 is 0 Å². The Morgan fingerprint density at radius 2 is 2.00 bits per heavy atom. The van der Waals surface area contributed by atoms with Crippen LogP contribution in [0.3, 0.4) is 0 Å². The Labute approximate surface area is 139 Å². The highest BCUT2D eigenvalue weighted by Gasteiger charge is 2.31. The lowest BCUT2D eigenvalue weighted by Crippen LogP contribution is -2.52. The molecule has 1 aliphatic heterocycles. The van der Waals surface area contributed by atoms with Crippen molar-refractivity contribution in [1.29, 1.82) is 0 Å². The highest BCUT2D eigenvalue weighted by atomic mass is 16.3. The topological polar surface area (TPSA) is 66.2 Å². The minimum absolute atomic E-state index is 0.102. The number of nitrogens with zero attached hydrogens (tertiary/aromatic N) is 4. The van der Waals surface area contributed by atoms with Crippen molar-refractivity contribution in [2.75, 3.05) is 13.1 Å². The maximum absolute atomic E-state index is 10.2. The molecule has 1 aromatic heterocycles. The van der Waals surface area contributed by atoms with Crippen LogP contribution in [0.25, 0.3) is 0 Å². The van der Waals surface area contributed by atoms with Crippen LogP contribution >= 0.6 is 0 Å². The van der Waals surface area contributed by atoms with Crippen LogP contribution in [0.1, 0.15) is 51.9 Å². The third-order valence-corrected chi connectivity index (χ3v) is 5.47. The first-order chi connectivity index (χ1) is 11.2. The summed E-state index contributed by atoms with van der Waals surface area (Å²) in [7, 11) is 0. The van der Waals surface area contributed by atoms with Crippen LogP contribution < -0.4 is 5.32 Å². The van der Waals surface area contributed by atoms with E-state index in [9.17, 15) is 5.11 Å². The summed E-state index contributed by atoms with van der Waals surface area (Å²) >= 11 is 0. The fraction of sp³-hybridized carbons (Fsp3) is 0.882. The molecule has 0 radical (unpaired) electrons. The zero-order valence-corrected chi connectivity index (χ0v) is 14.3. The van der Waals surface area contributed by atoms with Gasteiger partial charge >= 0.3 is 0 Å². The Hall–Kier alpha value is -0.980. The maximum Gasteiger partial charge on any atom is 0.137 e. The molecule has 3 atom stereocenters. The largest absolute Gasteiger partial charge is 0.391 e. The number of hydrogen-bond donors (Lipinski definition) is 2. The molecule has 2 heterocycles. The Bertz CT molecular complexity index is 444. The third kappa shape index (κ3) is 4.75. The van der Waals surface area contributed by atoms with Crippen molar-refractivity contribution in [2.45, 2.75) is 82.6 Å². The average Bonchev–Trinajstić information content (AvgIpc) is 3.08. The average molecular weight is 321 g/mol. The summed E-state index contributed by atoms with van der Waals surface area (Å²) in [5, 5.41) is 18.1. The number of nitrogens with one attached hydrogen (secondary N) is 1. The van der Waals surface area contributed by atoms with E-state index in [2.05, 4.69) is 27.2 Å². The molecule has 130 valence electrons. The third-order valence-electron chi connectivity index (χ3n) is 5.47. The number of aliphatic hydroxyl groups excluding tert-OH is 1. The Morgan fingerprint density at radius 1 is 1.22 bits per heavy atom. The van der Waals surface area contributed by atoms with E-state index in [1.807, 2.05) is 4.68 Å². The van der Waals surface area contributed by atoms with Gasteiger partial charge in [0.25, 0.3) is 0 Å². The number of aliphatic hydroxyl groups is 1. The first-order valence-corrected chi connectivity index (χ1v) is 9.23. The molecule has 0 aromatic carbocycles. The Balaban J connectivity index is 1.37. The normalized spacial score (nSPS) is 28.8. The van der Waals surface area contributed by atoms with Gasteiger partial charge < -0.3 is 10.4 Å². The van der Waals surface area contributed by atoms with E-state index in [1.54, 1.807) is 12.7 Å². The molecule has 1 saturated carbocycles. The van der Waals surface area contributed by atoms with Crippen LogP contribution in [0.4, 0.5) is 0 Å². The molecule has 0 bridgehead atoms. The molecule has 1 saturated heterocycles. The summed E-state index contributed by atoms with van der Waals surface area (Å²) in [6.45, 7) is 5.42. The summed E-state index contributed by atoms with van der Waals surface area (Å²) < 4.78 is 1.89. The second kappa shape index (κ2) is 8.22. The van der Waals surface area contributed by atoms with E-state index in [0.717, 1.165) is 32.5 Å². The fourth-order valence-corrected chi connectivity index (χ4v) is 4.08. The number of rotatable bonds is 6. The van der Waals surface area contributed by atoms with Gasteiger partial charge in [0, 0.05) is 37.8 Å². The van der Waals surface area contributed by atoms with Gasteiger partial charge in [-0.2, -0.15) is 5.10 Å². The molecule has 6 nitrogen and oxygen atoms in total. The zero-order chi connectivity index (χ0) is 16.1. The second-order valence-corrected chi connectivity index (χ2v) is 7.24. The SMILES string of the molecule is CC(CCn1cncn1)NC1CCN(C2CCCCC2O)CC1. The van der Waals surface area contributed by atoms with Crippen LogP contribution in [-0.4, -0.2) is 62.1 Å². The van der Waals surface area contributed by atoms with Crippen LogP contribution in [0.5, 0.6) is 0 Å². The molecular formula is C17H31N5O. The van der Waals surface area contributed by atoms with E-state index < -0.39 is 0 Å². The van der Waals surface area contributed by atoms with Gasteiger partial charge in [0.2, 0.25) is 0 Å². The van der Waals surface area contributed by atoms with Gasteiger partial charge in [0.05, 0.1) is 6.10 Å². The lowest BCUT2D eigenvalue weighted by molar-refractivity contribution is 0.00664. The van der Waals surface area contributed by atoms with Gasteiger partial charge in [0.1, 0.15) is 12.7 Å². The summed E-state index contributed by atoms with van der Waals surface area (Å²) in [6, 6.07) is 1.52. The number of aryl methyl sites for hydroxylation is 1. The van der Waals surface area contributed by atoms with Crippen molar-refractivity contribution in [3.05, 3.63) is 12.7 Å². The van der Waals surface area contributed by atoms with Crippen LogP contribution in [-0.2, 0) is 6.54 Å². The van der Waals surface area contributed by atoms with Gasteiger partial charge in [-0.05, 0) is 39.0 Å². The smallest absolute Gasteiger partial charge is 0.137 e. The van der Waals surface area contributed by atoms with E-state index >= 15 is 0 Å². The van der Waals surface area contributed by atoms with Gasteiger partial charge in [-0.3, -0.25) is 9.58 Å².